The number of ether oxygens (including phenoxy) is 2. The number of anilines is 1. The molecule has 3 heterocycles. The highest BCUT2D eigenvalue weighted by molar-refractivity contribution is 6.03. The van der Waals surface area contributed by atoms with Crippen molar-refractivity contribution in [1.29, 1.82) is 0 Å². The summed E-state index contributed by atoms with van der Waals surface area (Å²) >= 11 is 0. The van der Waals surface area contributed by atoms with Crippen molar-refractivity contribution >= 4 is 23.5 Å². The van der Waals surface area contributed by atoms with Crippen molar-refractivity contribution in [2.24, 2.45) is 11.8 Å². The van der Waals surface area contributed by atoms with E-state index in [0.717, 1.165) is 11.1 Å². The van der Waals surface area contributed by atoms with E-state index in [0.29, 0.717) is 18.5 Å². The van der Waals surface area contributed by atoms with Crippen LogP contribution in [0, 0.1) is 25.7 Å². The van der Waals surface area contributed by atoms with Crippen LogP contribution in [0.4, 0.5) is 5.69 Å². The lowest BCUT2D eigenvalue weighted by atomic mass is 9.66. The third kappa shape index (κ3) is 3.15. The van der Waals surface area contributed by atoms with Gasteiger partial charge in [-0.25, -0.2) is 0 Å². The van der Waals surface area contributed by atoms with Gasteiger partial charge in [-0.15, -0.1) is 0 Å². The van der Waals surface area contributed by atoms with E-state index in [4.69, 9.17) is 9.47 Å². The summed E-state index contributed by atoms with van der Waals surface area (Å²) in [6.45, 7) is 7.30. The minimum Gasteiger partial charge on any atom is -0.466 e. The molecule has 4 rings (SSSR count). The number of esters is 1. The maximum absolute atomic E-state index is 13.6. The third-order valence-corrected chi connectivity index (χ3v) is 7.06. The summed E-state index contributed by atoms with van der Waals surface area (Å²) in [5.41, 5.74) is 0.608. The second-order valence-corrected chi connectivity index (χ2v) is 9.04. The normalized spacial score (nSPS) is 33.5. The molecule has 5 atom stereocenters. The lowest BCUT2D eigenvalue weighted by molar-refractivity contribution is -0.159. The fraction of sp³-hybridized carbons (Fsp3) is 0.609. The smallest absolute Gasteiger partial charge is 0.312 e. The third-order valence-electron chi connectivity index (χ3n) is 7.06. The number of amides is 2. The molecule has 3 saturated heterocycles. The quantitative estimate of drug-likeness (QED) is 0.664. The van der Waals surface area contributed by atoms with Crippen LogP contribution in [0.15, 0.2) is 18.2 Å². The summed E-state index contributed by atoms with van der Waals surface area (Å²) in [4.78, 5) is 41.2. The number of carbonyl (C=O) groups is 3. The van der Waals surface area contributed by atoms with Crippen molar-refractivity contribution in [2.45, 2.75) is 57.8 Å². The summed E-state index contributed by atoms with van der Waals surface area (Å²) in [7, 11) is 0. The van der Waals surface area contributed by atoms with Gasteiger partial charge in [0.2, 0.25) is 11.8 Å². The first-order valence-corrected chi connectivity index (χ1v) is 10.8. The number of aryl methyl sites for hydroxylation is 2. The Morgan fingerprint density at radius 2 is 2.06 bits per heavy atom. The summed E-state index contributed by atoms with van der Waals surface area (Å²) in [6, 6.07) is 4.83. The predicted octanol–water partition coefficient (Wildman–Crippen LogP) is 1.56. The van der Waals surface area contributed by atoms with Crippen molar-refractivity contribution in [3.63, 3.8) is 0 Å². The zero-order chi connectivity index (χ0) is 22.6. The summed E-state index contributed by atoms with van der Waals surface area (Å²) in [5, 5.41) is 12.6. The fourth-order valence-corrected chi connectivity index (χ4v) is 5.74. The Hall–Kier alpha value is -2.45. The van der Waals surface area contributed by atoms with E-state index in [-0.39, 0.29) is 31.6 Å². The Kier molecular flexibility index (Phi) is 5.34. The van der Waals surface area contributed by atoms with Crippen LogP contribution >= 0.6 is 0 Å². The monoisotopic (exact) mass is 430 g/mol. The van der Waals surface area contributed by atoms with Gasteiger partial charge in [0.25, 0.3) is 0 Å². The van der Waals surface area contributed by atoms with Crippen molar-refractivity contribution in [1.82, 2.24) is 4.90 Å². The average molecular weight is 431 g/mol. The number of aliphatic hydroxyl groups is 1. The van der Waals surface area contributed by atoms with Crippen LogP contribution in [0.2, 0.25) is 0 Å². The van der Waals surface area contributed by atoms with Crippen LogP contribution in [0.1, 0.15) is 37.8 Å². The van der Waals surface area contributed by atoms with Gasteiger partial charge in [-0.1, -0.05) is 12.1 Å². The number of nitrogens with one attached hydrogen (secondary N) is 1. The Bertz CT molecular complexity index is 933. The molecule has 2 unspecified atom stereocenters. The van der Waals surface area contributed by atoms with E-state index in [1.165, 1.54) is 4.90 Å². The first kappa shape index (κ1) is 21.8. The summed E-state index contributed by atoms with van der Waals surface area (Å²) in [6.07, 6.45) is 1.04. The van der Waals surface area contributed by atoms with Gasteiger partial charge in [-0.3, -0.25) is 14.4 Å². The lowest BCUT2D eigenvalue weighted by Gasteiger charge is -2.33. The predicted molar refractivity (Wildman–Crippen MR) is 112 cm³/mol. The molecule has 1 aromatic carbocycles. The first-order chi connectivity index (χ1) is 14.7. The minimum atomic E-state index is -1.11. The number of likely N-dealkylation sites (tertiary alicyclic amines) is 1. The molecule has 0 saturated carbocycles. The zero-order valence-electron chi connectivity index (χ0n) is 18.4. The molecule has 2 bridgehead atoms. The van der Waals surface area contributed by atoms with E-state index in [9.17, 15) is 19.5 Å². The fourth-order valence-electron chi connectivity index (χ4n) is 5.74. The molecule has 0 aliphatic carbocycles. The number of β-amino-alcohol motifs (C(OH)–C–C–N with tert-alkyl or cyclic N) is 1. The maximum atomic E-state index is 13.6. The Morgan fingerprint density at radius 3 is 2.74 bits per heavy atom. The van der Waals surface area contributed by atoms with Crippen LogP contribution in [0.3, 0.4) is 0 Å². The lowest BCUT2D eigenvalue weighted by Crippen LogP contribution is -2.53. The highest BCUT2D eigenvalue weighted by atomic mass is 16.6. The van der Waals surface area contributed by atoms with Gasteiger partial charge < -0.3 is 24.8 Å². The van der Waals surface area contributed by atoms with E-state index < -0.39 is 35.0 Å². The zero-order valence-corrected chi connectivity index (χ0v) is 18.4. The largest absolute Gasteiger partial charge is 0.466 e. The number of nitrogens with zero attached hydrogens (tertiary/aromatic N) is 1. The van der Waals surface area contributed by atoms with E-state index in [1.54, 1.807) is 6.92 Å². The molecule has 3 aliphatic rings. The molecule has 8 heteroatoms. The highest BCUT2D eigenvalue weighted by Gasteiger charge is 2.78. The molecule has 3 aliphatic heterocycles. The van der Waals surface area contributed by atoms with Crippen LogP contribution in [0.5, 0.6) is 0 Å². The van der Waals surface area contributed by atoms with E-state index >= 15 is 0 Å². The average Bonchev–Trinajstić information content (AvgIpc) is 3.26. The van der Waals surface area contributed by atoms with Crippen molar-refractivity contribution < 1.29 is 29.0 Å². The number of benzene rings is 1. The van der Waals surface area contributed by atoms with E-state index in [2.05, 4.69) is 5.32 Å². The molecule has 1 spiro atoms. The number of carbonyl (C=O) groups excluding carboxylic acids is 3. The molecule has 1 aromatic rings. The molecule has 0 radical (unpaired) electrons. The number of fused-ring (bicyclic) bond motifs is 1. The Labute approximate surface area is 181 Å². The number of aliphatic hydroxyl groups excluding tert-OH is 1. The van der Waals surface area contributed by atoms with Crippen LogP contribution in [-0.4, -0.2) is 64.8 Å². The van der Waals surface area contributed by atoms with Gasteiger partial charge in [0.1, 0.15) is 17.6 Å². The Morgan fingerprint density at radius 1 is 1.32 bits per heavy atom. The topological polar surface area (TPSA) is 105 Å². The number of hydrogen-bond donors (Lipinski definition) is 2. The van der Waals surface area contributed by atoms with Gasteiger partial charge in [0, 0.05) is 12.2 Å². The molecule has 2 amide bonds. The van der Waals surface area contributed by atoms with Crippen LogP contribution in [-0.2, 0) is 23.9 Å². The highest BCUT2D eigenvalue weighted by Crippen LogP contribution is 2.63. The number of rotatable bonds is 6. The first-order valence-electron chi connectivity index (χ1n) is 10.8. The van der Waals surface area contributed by atoms with Crippen molar-refractivity contribution in [2.75, 3.05) is 25.1 Å². The van der Waals surface area contributed by atoms with Crippen molar-refractivity contribution in [3.8, 4) is 0 Å². The molecule has 8 nitrogen and oxygen atoms in total. The molecule has 31 heavy (non-hydrogen) atoms. The van der Waals surface area contributed by atoms with Crippen molar-refractivity contribution in [3.05, 3.63) is 29.3 Å². The second-order valence-electron chi connectivity index (χ2n) is 9.04. The Balaban J connectivity index is 1.73. The molecular weight excluding hydrogens is 400 g/mol. The molecule has 3 fully saturated rings. The molecule has 168 valence electrons. The maximum Gasteiger partial charge on any atom is 0.312 e. The number of hydrogen-bond acceptors (Lipinski definition) is 6. The van der Waals surface area contributed by atoms with Gasteiger partial charge >= 0.3 is 5.97 Å². The van der Waals surface area contributed by atoms with Gasteiger partial charge in [0.15, 0.2) is 0 Å². The second kappa shape index (κ2) is 7.60. The molecule has 2 N–H and O–H groups in total. The van der Waals surface area contributed by atoms with Gasteiger partial charge in [-0.05, 0) is 57.7 Å². The summed E-state index contributed by atoms with van der Waals surface area (Å²) in [5.74, 6) is -2.74. The van der Waals surface area contributed by atoms with Crippen LogP contribution < -0.4 is 5.32 Å². The minimum absolute atomic E-state index is 0.00239. The van der Waals surface area contributed by atoms with Gasteiger partial charge in [-0.2, -0.15) is 0 Å². The van der Waals surface area contributed by atoms with Crippen LogP contribution in [0.25, 0.3) is 0 Å². The SMILES string of the molecule is CCOC(=O)[C@H]1[C@H]2C(=O)N(CCO)C(C(=O)Nc3cc(C)ccc3C)C23CC[C@]1(C)O3. The molecular formula is C23H30N2O6. The summed E-state index contributed by atoms with van der Waals surface area (Å²) < 4.78 is 11.7. The van der Waals surface area contributed by atoms with E-state index in [1.807, 2.05) is 39.0 Å². The standard InChI is InChI=1S/C23H30N2O6/c1-5-30-21(29)17-16-20(28)25(10-11-26)18(23(16)9-8-22(17,4)31-23)19(27)24-15-12-13(2)6-7-14(15)3/h6-7,12,16-18,26H,5,8-11H2,1-4H3,(H,24,27)/t16-,17+,18?,22-,23?/m0/s1. The van der Waals surface area contributed by atoms with Gasteiger partial charge in [0.05, 0.1) is 24.7 Å². The molecule has 0 aromatic heterocycles.